The number of ether oxygens (including phenoxy) is 2. The van der Waals surface area contributed by atoms with Crippen LogP contribution in [-0.2, 0) is 11.2 Å². The monoisotopic (exact) mass is 451 g/mol. The first-order valence-corrected chi connectivity index (χ1v) is 10.6. The van der Waals surface area contributed by atoms with E-state index in [1.807, 2.05) is 37.3 Å². The van der Waals surface area contributed by atoms with Crippen LogP contribution in [-0.4, -0.2) is 39.3 Å². The van der Waals surface area contributed by atoms with Gasteiger partial charge in [-0.05, 0) is 48.4 Å². The molecule has 8 heteroatoms. The number of rotatable bonds is 9. The molecule has 4 aromatic rings. The molecule has 0 saturated heterocycles. The molecule has 0 spiro atoms. The van der Waals surface area contributed by atoms with Gasteiger partial charge in [0.2, 0.25) is 0 Å². The molecule has 1 aromatic heterocycles. The molecule has 164 valence electrons. The first-order chi connectivity index (χ1) is 15.5. The second-order valence-corrected chi connectivity index (χ2v) is 7.69. The summed E-state index contributed by atoms with van der Waals surface area (Å²) in [5, 5.41) is 18.5. The smallest absolute Gasteiger partial charge is 0.307 e. The van der Waals surface area contributed by atoms with E-state index in [-0.39, 0.29) is 6.42 Å². The van der Waals surface area contributed by atoms with E-state index in [0.717, 1.165) is 22.2 Å². The molecular formula is C24H22ClN3O4. The van der Waals surface area contributed by atoms with Gasteiger partial charge in [-0.2, -0.15) is 0 Å². The highest BCUT2D eigenvalue weighted by molar-refractivity contribution is 6.32. The first-order valence-electron chi connectivity index (χ1n) is 10.2. The number of benzene rings is 3. The molecule has 32 heavy (non-hydrogen) atoms. The molecule has 1 heterocycles. The lowest BCUT2D eigenvalue weighted by molar-refractivity contribution is -0.136. The minimum Gasteiger partial charge on any atom is -0.493 e. The molecule has 1 N–H and O–H groups in total. The summed E-state index contributed by atoms with van der Waals surface area (Å²) in [6.07, 6.45) is 0.646. The number of aliphatic carboxylic acids is 1. The van der Waals surface area contributed by atoms with Gasteiger partial charge in [-0.15, -0.1) is 15.0 Å². The van der Waals surface area contributed by atoms with Crippen LogP contribution in [0, 0.1) is 6.92 Å². The van der Waals surface area contributed by atoms with Gasteiger partial charge in [0.25, 0.3) is 0 Å². The number of hydrogen-bond donors (Lipinski definition) is 1. The van der Waals surface area contributed by atoms with Gasteiger partial charge in [0.15, 0.2) is 0 Å². The number of hydrogen-bond acceptors (Lipinski definition) is 5. The molecule has 0 fully saturated rings. The summed E-state index contributed by atoms with van der Waals surface area (Å²) in [7, 11) is 0. The molecular weight excluding hydrogens is 430 g/mol. The molecule has 0 aliphatic rings. The number of carboxylic acid groups (broad SMARTS) is 1. The molecule has 0 unspecified atom stereocenters. The van der Waals surface area contributed by atoms with Gasteiger partial charge in [-0.3, -0.25) is 4.79 Å². The van der Waals surface area contributed by atoms with Crippen molar-refractivity contribution in [2.75, 3.05) is 13.2 Å². The van der Waals surface area contributed by atoms with Crippen LogP contribution in [0.15, 0.2) is 60.7 Å². The lowest BCUT2D eigenvalue weighted by atomic mass is 10.1. The van der Waals surface area contributed by atoms with Gasteiger partial charge < -0.3 is 14.6 Å². The Kier molecular flexibility index (Phi) is 6.56. The Balaban J connectivity index is 1.37. The lowest BCUT2D eigenvalue weighted by Crippen LogP contribution is -2.08. The summed E-state index contributed by atoms with van der Waals surface area (Å²) in [5.41, 5.74) is 3.98. The minimum atomic E-state index is -0.857. The number of para-hydroxylation sites is 1. The second kappa shape index (κ2) is 9.70. The zero-order valence-electron chi connectivity index (χ0n) is 17.5. The highest BCUT2D eigenvalue weighted by Crippen LogP contribution is 2.30. The molecule has 0 bridgehead atoms. The zero-order valence-corrected chi connectivity index (χ0v) is 18.2. The molecule has 0 radical (unpaired) electrons. The summed E-state index contributed by atoms with van der Waals surface area (Å²) in [6.45, 7) is 2.87. The highest BCUT2D eigenvalue weighted by Gasteiger charge is 2.15. The van der Waals surface area contributed by atoms with Crippen molar-refractivity contribution in [2.45, 2.75) is 19.8 Å². The topological polar surface area (TPSA) is 86.5 Å². The van der Waals surface area contributed by atoms with Crippen LogP contribution in [0.3, 0.4) is 0 Å². The Hall–Kier alpha value is -3.58. The van der Waals surface area contributed by atoms with Crippen LogP contribution in [0.4, 0.5) is 0 Å². The van der Waals surface area contributed by atoms with Crippen molar-refractivity contribution < 1.29 is 19.4 Å². The second-order valence-electron chi connectivity index (χ2n) is 7.28. The SMILES string of the molecule is Cc1cccc2nn(-c3c(Cl)cccc3OCCCOc3ccc(CC(=O)O)cc3)nc12. The Labute approximate surface area is 190 Å². The molecule has 0 amide bonds. The molecule has 4 rings (SSSR count). The van der Waals surface area contributed by atoms with E-state index in [0.29, 0.717) is 41.8 Å². The van der Waals surface area contributed by atoms with Crippen molar-refractivity contribution >= 4 is 28.6 Å². The van der Waals surface area contributed by atoms with Crippen LogP contribution in [0.25, 0.3) is 16.7 Å². The maximum atomic E-state index is 10.7. The Morgan fingerprint density at radius 2 is 1.75 bits per heavy atom. The van der Waals surface area contributed by atoms with E-state index in [4.69, 9.17) is 26.2 Å². The van der Waals surface area contributed by atoms with E-state index >= 15 is 0 Å². The van der Waals surface area contributed by atoms with Crippen LogP contribution in [0.5, 0.6) is 11.5 Å². The van der Waals surface area contributed by atoms with E-state index < -0.39 is 5.97 Å². The molecule has 0 aliphatic carbocycles. The number of carboxylic acids is 1. The predicted octanol–water partition coefficient (Wildman–Crippen LogP) is 4.86. The van der Waals surface area contributed by atoms with Crippen molar-refractivity contribution in [2.24, 2.45) is 0 Å². The molecule has 0 aliphatic heterocycles. The number of halogens is 1. The largest absolute Gasteiger partial charge is 0.493 e. The fourth-order valence-electron chi connectivity index (χ4n) is 3.29. The van der Waals surface area contributed by atoms with Crippen LogP contribution in [0.2, 0.25) is 5.02 Å². The maximum Gasteiger partial charge on any atom is 0.307 e. The average Bonchev–Trinajstić information content (AvgIpc) is 3.19. The molecule has 7 nitrogen and oxygen atoms in total. The van der Waals surface area contributed by atoms with Crippen molar-refractivity contribution in [3.63, 3.8) is 0 Å². The quantitative estimate of drug-likeness (QED) is 0.366. The van der Waals surface area contributed by atoms with E-state index in [9.17, 15) is 4.79 Å². The van der Waals surface area contributed by atoms with Crippen molar-refractivity contribution in [3.8, 4) is 17.2 Å². The van der Waals surface area contributed by atoms with Gasteiger partial charge in [0.05, 0.1) is 24.7 Å². The van der Waals surface area contributed by atoms with Crippen molar-refractivity contribution in [1.82, 2.24) is 15.0 Å². The highest BCUT2D eigenvalue weighted by atomic mass is 35.5. The van der Waals surface area contributed by atoms with Gasteiger partial charge in [-0.1, -0.05) is 41.9 Å². The summed E-state index contributed by atoms with van der Waals surface area (Å²) in [5.74, 6) is 0.420. The van der Waals surface area contributed by atoms with Crippen LogP contribution >= 0.6 is 11.6 Å². The fraction of sp³-hybridized carbons (Fsp3) is 0.208. The fourth-order valence-corrected chi connectivity index (χ4v) is 3.53. The van der Waals surface area contributed by atoms with E-state index in [1.54, 1.807) is 30.3 Å². The van der Waals surface area contributed by atoms with Crippen molar-refractivity contribution in [3.05, 3.63) is 76.8 Å². The number of carbonyl (C=O) groups is 1. The Morgan fingerprint density at radius 1 is 1.00 bits per heavy atom. The van der Waals surface area contributed by atoms with E-state index in [2.05, 4.69) is 10.2 Å². The van der Waals surface area contributed by atoms with Crippen molar-refractivity contribution in [1.29, 1.82) is 0 Å². The minimum absolute atomic E-state index is 0.00364. The van der Waals surface area contributed by atoms with Gasteiger partial charge in [0, 0.05) is 6.42 Å². The van der Waals surface area contributed by atoms with Gasteiger partial charge in [-0.25, -0.2) is 0 Å². The third-order valence-electron chi connectivity index (χ3n) is 4.86. The predicted molar refractivity (Wildman–Crippen MR) is 122 cm³/mol. The van der Waals surface area contributed by atoms with E-state index in [1.165, 1.54) is 4.80 Å². The zero-order chi connectivity index (χ0) is 22.5. The number of aromatic nitrogens is 3. The summed E-state index contributed by atoms with van der Waals surface area (Å²) in [4.78, 5) is 12.3. The Morgan fingerprint density at radius 3 is 2.50 bits per heavy atom. The van der Waals surface area contributed by atoms with Gasteiger partial charge >= 0.3 is 5.97 Å². The summed E-state index contributed by atoms with van der Waals surface area (Å²) in [6, 6.07) is 18.3. The van der Waals surface area contributed by atoms with Crippen LogP contribution < -0.4 is 9.47 Å². The third kappa shape index (κ3) is 5.00. The summed E-state index contributed by atoms with van der Waals surface area (Å²) < 4.78 is 11.7. The molecule has 3 aromatic carbocycles. The number of nitrogens with zero attached hydrogens (tertiary/aromatic N) is 3. The van der Waals surface area contributed by atoms with Crippen LogP contribution in [0.1, 0.15) is 17.5 Å². The standard InChI is InChI=1S/C24H22ClN3O4/c1-16-5-2-7-20-23(16)27-28(26-20)24-19(25)6-3-8-21(24)32-14-4-13-31-18-11-9-17(10-12-18)15-22(29)30/h2-3,5-12H,4,13-15H2,1H3,(H,29,30). The average molecular weight is 452 g/mol. The maximum absolute atomic E-state index is 10.7. The third-order valence-corrected chi connectivity index (χ3v) is 5.16. The first kappa shape index (κ1) is 21.6. The lowest BCUT2D eigenvalue weighted by Gasteiger charge is -2.12. The molecule has 0 atom stereocenters. The molecule has 0 saturated carbocycles. The summed E-state index contributed by atoms with van der Waals surface area (Å²) >= 11 is 6.45. The number of fused-ring (bicyclic) bond motifs is 1. The van der Waals surface area contributed by atoms with Gasteiger partial charge in [0.1, 0.15) is 28.2 Å². The Bertz CT molecular complexity index is 1240. The normalized spacial score (nSPS) is 10.9. The number of aryl methyl sites for hydroxylation is 1.